The Morgan fingerprint density at radius 3 is 2.64 bits per heavy atom. The quantitative estimate of drug-likeness (QED) is 0.607. The van der Waals surface area contributed by atoms with Crippen molar-refractivity contribution in [1.29, 1.82) is 5.41 Å². The van der Waals surface area contributed by atoms with Crippen LogP contribution in [0.15, 0.2) is 30.6 Å². The zero-order chi connectivity index (χ0) is 19.9. The molecule has 4 rings (SSSR count). The first-order valence-electron chi connectivity index (χ1n) is 9.72. The molecule has 0 radical (unpaired) electrons. The van der Waals surface area contributed by atoms with Crippen LogP contribution in [0.2, 0.25) is 0 Å². The van der Waals surface area contributed by atoms with Crippen LogP contribution >= 0.6 is 0 Å². The van der Waals surface area contributed by atoms with Crippen LogP contribution < -0.4 is 15.4 Å². The van der Waals surface area contributed by atoms with E-state index >= 15 is 0 Å². The summed E-state index contributed by atoms with van der Waals surface area (Å²) in [6.45, 7) is 7.63. The fourth-order valence-electron chi connectivity index (χ4n) is 3.60. The Hall–Kier alpha value is -2.67. The van der Waals surface area contributed by atoms with Crippen LogP contribution in [-0.2, 0) is 4.74 Å². The predicted octanol–water partition coefficient (Wildman–Crippen LogP) is 3.27. The van der Waals surface area contributed by atoms with Crippen LogP contribution in [0.1, 0.15) is 46.3 Å². The fraction of sp³-hybridized carbons (Fsp3) is 0.476. The maximum absolute atomic E-state index is 8.70. The average Bonchev–Trinajstić information content (AvgIpc) is 3.40. The van der Waals surface area contributed by atoms with Crippen LogP contribution in [0.25, 0.3) is 0 Å². The third-order valence-corrected chi connectivity index (χ3v) is 5.45. The molecule has 1 saturated heterocycles. The van der Waals surface area contributed by atoms with Gasteiger partial charge in [0.1, 0.15) is 23.5 Å². The van der Waals surface area contributed by atoms with E-state index in [4.69, 9.17) is 20.6 Å². The van der Waals surface area contributed by atoms with Gasteiger partial charge in [-0.1, -0.05) is 0 Å². The molecule has 2 aliphatic rings. The molecule has 28 heavy (non-hydrogen) atoms. The van der Waals surface area contributed by atoms with E-state index in [1.54, 1.807) is 6.07 Å². The molecule has 1 unspecified atom stereocenters. The second-order valence-electron chi connectivity index (χ2n) is 8.08. The normalized spacial score (nSPS) is 23.3. The summed E-state index contributed by atoms with van der Waals surface area (Å²) in [5.74, 6) is 1.54. The number of hydrogen-bond donors (Lipinski definition) is 2. The van der Waals surface area contributed by atoms with Crippen molar-refractivity contribution in [3.63, 3.8) is 0 Å². The highest BCUT2D eigenvalue weighted by Crippen LogP contribution is 2.40. The van der Waals surface area contributed by atoms with Gasteiger partial charge in [-0.25, -0.2) is 9.97 Å². The number of morpholine rings is 1. The van der Waals surface area contributed by atoms with Crippen molar-refractivity contribution in [2.45, 2.75) is 51.3 Å². The van der Waals surface area contributed by atoms with Gasteiger partial charge in [0.05, 0.1) is 36.7 Å². The minimum atomic E-state index is -0.0831. The van der Waals surface area contributed by atoms with E-state index in [9.17, 15) is 0 Å². The summed E-state index contributed by atoms with van der Waals surface area (Å²) in [7, 11) is 0. The summed E-state index contributed by atoms with van der Waals surface area (Å²) in [6.07, 6.45) is 3.61. The number of hydrogen-bond acceptors (Lipinski definition) is 7. The summed E-state index contributed by atoms with van der Waals surface area (Å²) in [4.78, 5) is 11.0. The van der Waals surface area contributed by atoms with Gasteiger partial charge >= 0.3 is 0 Å². The lowest BCUT2D eigenvalue weighted by Gasteiger charge is -2.39. The van der Waals surface area contributed by atoms with Gasteiger partial charge in [0.2, 0.25) is 0 Å². The molecule has 0 bridgehead atoms. The van der Waals surface area contributed by atoms with E-state index in [0.29, 0.717) is 30.2 Å². The van der Waals surface area contributed by atoms with Gasteiger partial charge in [-0.05, 0) is 51.8 Å². The molecule has 1 aliphatic heterocycles. The van der Waals surface area contributed by atoms with E-state index < -0.39 is 0 Å². The molecule has 1 aliphatic carbocycles. The van der Waals surface area contributed by atoms with E-state index in [2.05, 4.69) is 35.6 Å². The van der Waals surface area contributed by atoms with Gasteiger partial charge in [0.15, 0.2) is 0 Å². The lowest BCUT2D eigenvalue weighted by atomic mass is 10.0. The molecule has 7 heteroatoms. The van der Waals surface area contributed by atoms with Gasteiger partial charge < -0.3 is 20.1 Å². The third kappa shape index (κ3) is 3.67. The Morgan fingerprint density at radius 1 is 1.25 bits per heavy atom. The smallest absolute Gasteiger partial charge is 0.133 e. The highest BCUT2D eigenvalue weighted by atomic mass is 16.5. The molecule has 7 nitrogen and oxygen atoms in total. The Bertz CT molecular complexity index is 892. The highest BCUT2D eigenvalue weighted by Gasteiger charge is 2.40. The van der Waals surface area contributed by atoms with Crippen molar-refractivity contribution in [1.82, 2.24) is 9.97 Å². The Balaban J connectivity index is 0.00000240. The van der Waals surface area contributed by atoms with E-state index in [-0.39, 0.29) is 24.8 Å². The van der Waals surface area contributed by atoms with Gasteiger partial charge in [-0.15, -0.1) is 0 Å². The van der Waals surface area contributed by atoms with Crippen molar-refractivity contribution in [2.24, 2.45) is 0 Å². The van der Waals surface area contributed by atoms with Crippen molar-refractivity contribution in [3.8, 4) is 5.75 Å². The molecule has 150 valence electrons. The molecule has 1 aromatic heterocycles. The van der Waals surface area contributed by atoms with Crippen LogP contribution in [0.5, 0.6) is 5.75 Å². The average molecular weight is 383 g/mol. The van der Waals surface area contributed by atoms with Crippen LogP contribution in [-0.4, -0.2) is 46.6 Å². The third-order valence-electron chi connectivity index (χ3n) is 5.45. The molecule has 0 amide bonds. The van der Waals surface area contributed by atoms with Crippen molar-refractivity contribution >= 4 is 17.2 Å². The maximum atomic E-state index is 8.70. The van der Waals surface area contributed by atoms with Crippen LogP contribution in [0, 0.1) is 5.41 Å². The molecule has 3 N–H and O–H groups in total. The summed E-state index contributed by atoms with van der Waals surface area (Å²) >= 11 is 0. The first-order chi connectivity index (χ1) is 13.4. The first kappa shape index (κ1) is 18.7. The summed E-state index contributed by atoms with van der Waals surface area (Å²) in [5.41, 5.74) is 8.04. The second kappa shape index (κ2) is 7.05. The SMILES string of the molecule is CC1COC[C@@H](C)N1c1cc(C(=N)c2cc(OC3(C)CC3)ccc2N)ncn1.[HH]. The molecule has 1 saturated carbocycles. The minimum Gasteiger partial charge on any atom is -0.488 e. The zero-order valence-electron chi connectivity index (χ0n) is 16.6. The standard InChI is InChI=1S/C21H27N5O2.H2/c1-13-10-27-11-14(2)26(13)19-9-18(24-12-25-19)20(23)16-8-15(4-5-17(16)22)28-21(3)6-7-21;/h4-5,8-9,12-14,23H,6-7,10-11,22H2,1-3H3;1H/t13-,14?;/m1./s1. The van der Waals surface area contributed by atoms with Gasteiger partial charge in [-0.3, -0.25) is 5.41 Å². The van der Waals surface area contributed by atoms with Crippen molar-refractivity contribution < 1.29 is 10.9 Å². The molecule has 1 aromatic carbocycles. The van der Waals surface area contributed by atoms with E-state index in [0.717, 1.165) is 24.4 Å². The fourth-order valence-corrected chi connectivity index (χ4v) is 3.60. The predicted molar refractivity (Wildman–Crippen MR) is 111 cm³/mol. The highest BCUT2D eigenvalue weighted by molar-refractivity contribution is 6.13. The molecule has 2 fully saturated rings. The topological polar surface area (TPSA) is 97.3 Å². The van der Waals surface area contributed by atoms with Gasteiger partial charge in [0, 0.05) is 18.7 Å². The lowest BCUT2D eigenvalue weighted by molar-refractivity contribution is 0.0752. The Morgan fingerprint density at radius 2 is 1.96 bits per heavy atom. The minimum absolute atomic E-state index is 0. The lowest BCUT2D eigenvalue weighted by Crippen LogP contribution is -2.50. The van der Waals surface area contributed by atoms with E-state index in [1.165, 1.54) is 6.33 Å². The van der Waals surface area contributed by atoms with Crippen molar-refractivity contribution in [3.05, 3.63) is 41.9 Å². The number of nitrogen functional groups attached to an aromatic ring is 1. The molecule has 2 atom stereocenters. The molecule has 2 heterocycles. The number of aromatic nitrogens is 2. The maximum Gasteiger partial charge on any atom is 0.133 e. The summed E-state index contributed by atoms with van der Waals surface area (Å²) in [5, 5.41) is 8.70. The van der Waals surface area contributed by atoms with Gasteiger partial charge in [-0.2, -0.15) is 0 Å². The van der Waals surface area contributed by atoms with Crippen LogP contribution in [0.4, 0.5) is 11.5 Å². The number of benzene rings is 1. The second-order valence-corrected chi connectivity index (χ2v) is 8.08. The number of ether oxygens (including phenoxy) is 2. The Kier molecular flexibility index (Phi) is 4.71. The molecule has 0 spiro atoms. The van der Waals surface area contributed by atoms with Crippen LogP contribution in [0.3, 0.4) is 0 Å². The molecular formula is C21H29N5O2. The molecule has 2 aromatic rings. The summed E-state index contributed by atoms with van der Waals surface area (Å²) < 4.78 is 11.6. The van der Waals surface area contributed by atoms with E-state index in [1.807, 2.05) is 18.2 Å². The largest absolute Gasteiger partial charge is 0.488 e. The van der Waals surface area contributed by atoms with Crippen molar-refractivity contribution in [2.75, 3.05) is 23.8 Å². The summed E-state index contributed by atoms with van der Waals surface area (Å²) in [6, 6.07) is 7.76. The Labute approximate surface area is 166 Å². The number of nitrogens with two attached hydrogens (primary N) is 1. The number of nitrogens with zero attached hydrogens (tertiary/aromatic N) is 3. The number of nitrogens with one attached hydrogen (secondary N) is 1. The van der Waals surface area contributed by atoms with Gasteiger partial charge in [0.25, 0.3) is 0 Å². The zero-order valence-corrected chi connectivity index (χ0v) is 16.6. The number of rotatable bonds is 5. The first-order valence-corrected chi connectivity index (χ1v) is 9.72. The molecular weight excluding hydrogens is 354 g/mol. The monoisotopic (exact) mass is 383 g/mol. The number of anilines is 2.